The predicted molar refractivity (Wildman–Crippen MR) is 120 cm³/mol. The van der Waals surface area contributed by atoms with E-state index in [9.17, 15) is 9.59 Å². The van der Waals surface area contributed by atoms with Gasteiger partial charge in [0, 0.05) is 13.1 Å². The highest BCUT2D eigenvalue weighted by atomic mass is 32.2. The Morgan fingerprint density at radius 2 is 2.07 bits per heavy atom. The molecule has 0 fully saturated rings. The molecule has 0 saturated heterocycles. The fraction of sp³-hybridized carbons (Fsp3) is 0.381. The third kappa shape index (κ3) is 4.64. The fourth-order valence-corrected chi connectivity index (χ4v) is 4.71. The molecular weight excluding hydrogens is 406 g/mol. The number of amides is 1. The van der Waals surface area contributed by atoms with E-state index < -0.39 is 0 Å². The number of ether oxygens (including phenoxy) is 1. The minimum absolute atomic E-state index is 0.0530. The van der Waals surface area contributed by atoms with Gasteiger partial charge in [-0.15, -0.1) is 11.3 Å². The maximum atomic E-state index is 13.2. The molecule has 29 heavy (non-hydrogen) atoms. The third-order valence-electron chi connectivity index (χ3n) is 4.62. The number of benzene rings is 1. The zero-order valence-corrected chi connectivity index (χ0v) is 18.5. The first-order chi connectivity index (χ1) is 14.1. The molecule has 0 spiro atoms. The smallest absolute Gasteiger partial charge is 0.276 e. The Morgan fingerprint density at radius 1 is 1.28 bits per heavy atom. The van der Waals surface area contributed by atoms with Crippen LogP contribution in [0.25, 0.3) is 15.9 Å². The van der Waals surface area contributed by atoms with Crippen LogP contribution in [0.4, 0.5) is 0 Å². The maximum Gasteiger partial charge on any atom is 0.276 e. The quantitative estimate of drug-likeness (QED) is 0.375. The molecule has 3 aromatic rings. The van der Waals surface area contributed by atoms with E-state index in [1.165, 1.54) is 23.1 Å². The molecule has 3 rings (SSSR count). The summed E-state index contributed by atoms with van der Waals surface area (Å²) in [5.41, 5.74) is 1.12. The molecule has 0 saturated carbocycles. The second-order valence-corrected chi connectivity index (χ2v) is 8.32. The van der Waals surface area contributed by atoms with Gasteiger partial charge in [0.2, 0.25) is 5.91 Å². The van der Waals surface area contributed by atoms with Gasteiger partial charge in [0.1, 0.15) is 10.4 Å². The van der Waals surface area contributed by atoms with Crippen LogP contribution < -0.4 is 10.3 Å². The number of aromatic nitrogens is 2. The zero-order chi connectivity index (χ0) is 20.8. The summed E-state index contributed by atoms with van der Waals surface area (Å²) in [6.45, 7) is 5.52. The average Bonchev–Trinajstić information content (AvgIpc) is 3.22. The van der Waals surface area contributed by atoms with Gasteiger partial charge in [-0.25, -0.2) is 4.98 Å². The van der Waals surface area contributed by atoms with E-state index in [1.807, 2.05) is 47.5 Å². The minimum Gasteiger partial charge on any atom is -0.495 e. The second-order valence-electron chi connectivity index (χ2n) is 6.46. The van der Waals surface area contributed by atoms with Crippen molar-refractivity contribution in [2.24, 2.45) is 0 Å². The van der Waals surface area contributed by atoms with E-state index in [1.54, 1.807) is 11.7 Å². The van der Waals surface area contributed by atoms with E-state index >= 15 is 0 Å². The van der Waals surface area contributed by atoms with Crippen molar-refractivity contribution in [2.75, 3.05) is 26.0 Å². The number of carbonyl (C=O) groups excluding carboxylic acids is 1. The molecule has 0 aliphatic rings. The highest BCUT2D eigenvalue weighted by Gasteiger charge is 2.19. The minimum atomic E-state index is -0.150. The van der Waals surface area contributed by atoms with Gasteiger partial charge in [-0.05, 0) is 36.9 Å². The first-order valence-corrected chi connectivity index (χ1v) is 11.5. The van der Waals surface area contributed by atoms with Crippen molar-refractivity contribution in [2.45, 2.75) is 31.8 Å². The second kappa shape index (κ2) is 9.93. The topological polar surface area (TPSA) is 64.4 Å². The molecule has 6 nitrogen and oxygen atoms in total. The zero-order valence-electron chi connectivity index (χ0n) is 16.9. The summed E-state index contributed by atoms with van der Waals surface area (Å²) in [6.07, 6.45) is 2.02. The van der Waals surface area contributed by atoms with E-state index in [0.29, 0.717) is 33.4 Å². The number of thioether (sulfide) groups is 1. The van der Waals surface area contributed by atoms with Gasteiger partial charge in [0.05, 0.1) is 24.1 Å². The molecule has 0 aliphatic heterocycles. The van der Waals surface area contributed by atoms with Crippen LogP contribution in [0.5, 0.6) is 5.75 Å². The Morgan fingerprint density at radius 3 is 2.79 bits per heavy atom. The van der Waals surface area contributed by atoms with Gasteiger partial charge in [-0.3, -0.25) is 14.2 Å². The van der Waals surface area contributed by atoms with Gasteiger partial charge < -0.3 is 9.64 Å². The molecule has 154 valence electrons. The molecule has 0 bridgehead atoms. The Hall–Kier alpha value is -2.32. The van der Waals surface area contributed by atoms with Crippen LogP contribution in [0.15, 0.2) is 45.7 Å². The highest BCUT2D eigenvalue weighted by molar-refractivity contribution is 7.99. The summed E-state index contributed by atoms with van der Waals surface area (Å²) in [4.78, 5) is 32.4. The summed E-state index contributed by atoms with van der Waals surface area (Å²) in [5, 5.41) is 2.35. The Balaban J connectivity index is 1.99. The summed E-state index contributed by atoms with van der Waals surface area (Å²) in [5.74, 6) is 0.866. The van der Waals surface area contributed by atoms with Crippen molar-refractivity contribution >= 4 is 39.2 Å². The molecule has 0 unspecified atom stereocenters. The number of methoxy groups -OCH3 is 1. The van der Waals surface area contributed by atoms with Gasteiger partial charge >= 0.3 is 0 Å². The lowest BCUT2D eigenvalue weighted by Crippen LogP contribution is -2.33. The number of carbonyl (C=O) groups is 1. The van der Waals surface area contributed by atoms with Crippen molar-refractivity contribution in [3.8, 4) is 11.4 Å². The molecular formula is C21H25N3O3S2. The van der Waals surface area contributed by atoms with Gasteiger partial charge in [-0.2, -0.15) is 0 Å². The van der Waals surface area contributed by atoms with Crippen LogP contribution in [-0.4, -0.2) is 46.3 Å². The molecule has 1 aromatic carbocycles. The lowest BCUT2D eigenvalue weighted by molar-refractivity contribution is -0.128. The number of hydrogen-bond acceptors (Lipinski definition) is 6. The first-order valence-electron chi connectivity index (χ1n) is 9.64. The molecule has 0 radical (unpaired) electrons. The molecule has 1 amide bonds. The summed E-state index contributed by atoms with van der Waals surface area (Å²) >= 11 is 2.65. The lowest BCUT2D eigenvalue weighted by Gasteiger charge is -2.21. The molecule has 0 N–H and O–H groups in total. The molecule has 0 aliphatic carbocycles. The van der Waals surface area contributed by atoms with Crippen LogP contribution in [0.3, 0.4) is 0 Å². The highest BCUT2D eigenvalue weighted by Crippen LogP contribution is 2.28. The number of thiophene rings is 1. The Kier molecular flexibility index (Phi) is 7.33. The molecule has 2 heterocycles. The average molecular weight is 432 g/mol. The van der Waals surface area contributed by atoms with Crippen LogP contribution >= 0.6 is 23.1 Å². The lowest BCUT2D eigenvalue weighted by atomic mass is 10.3. The monoisotopic (exact) mass is 431 g/mol. The first kappa shape index (κ1) is 21.4. The third-order valence-corrected chi connectivity index (χ3v) is 6.43. The molecule has 8 heteroatoms. The molecule has 0 atom stereocenters. The van der Waals surface area contributed by atoms with Crippen molar-refractivity contribution in [1.29, 1.82) is 0 Å². The molecule has 2 aromatic heterocycles. The van der Waals surface area contributed by atoms with Gasteiger partial charge in [-0.1, -0.05) is 37.2 Å². The van der Waals surface area contributed by atoms with Gasteiger partial charge in [0.15, 0.2) is 5.16 Å². The number of hydrogen-bond donors (Lipinski definition) is 0. The number of para-hydroxylation sites is 2. The normalized spacial score (nSPS) is 11.0. The van der Waals surface area contributed by atoms with Crippen molar-refractivity contribution in [3.05, 3.63) is 46.1 Å². The van der Waals surface area contributed by atoms with E-state index in [2.05, 4.69) is 11.9 Å². The number of nitrogens with zero attached hydrogens (tertiary/aromatic N) is 3. The van der Waals surface area contributed by atoms with Crippen molar-refractivity contribution in [3.63, 3.8) is 0 Å². The number of fused-ring (bicyclic) bond motifs is 1. The fourth-order valence-electron chi connectivity index (χ4n) is 3.04. The number of unbranched alkanes of at least 4 members (excludes halogenated alkanes) is 1. The Bertz CT molecular complexity index is 1050. The van der Waals surface area contributed by atoms with Crippen molar-refractivity contribution < 1.29 is 9.53 Å². The summed E-state index contributed by atoms with van der Waals surface area (Å²) in [6, 6.07) is 9.18. The SMILES string of the molecule is CCCCN(CC)C(=O)CSc1nc2ccsc2c(=O)n1-c1ccccc1OC. The number of rotatable bonds is 9. The summed E-state index contributed by atoms with van der Waals surface area (Å²) < 4.78 is 7.60. The largest absolute Gasteiger partial charge is 0.495 e. The van der Waals surface area contributed by atoms with Gasteiger partial charge in [0.25, 0.3) is 5.56 Å². The van der Waals surface area contributed by atoms with Crippen LogP contribution in [0, 0.1) is 0 Å². The maximum absolute atomic E-state index is 13.2. The van der Waals surface area contributed by atoms with Crippen LogP contribution in [0.2, 0.25) is 0 Å². The summed E-state index contributed by atoms with van der Waals surface area (Å²) in [7, 11) is 1.57. The predicted octanol–water partition coefficient (Wildman–Crippen LogP) is 4.20. The van der Waals surface area contributed by atoms with E-state index in [0.717, 1.165) is 19.4 Å². The van der Waals surface area contributed by atoms with E-state index in [-0.39, 0.29) is 17.2 Å². The van der Waals surface area contributed by atoms with Crippen molar-refractivity contribution in [1.82, 2.24) is 14.5 Å². The Labute approximate surface area is 178 Å². The van der Waals surface area contributed by atoms with Crippen LogP contribution in [-0.2, 0) is 4.79 Å². The van der Waals surface area contributed by atoms with Crippen LogP contribution in [0.1, 0.15) is 26.7 Å². The standard InChI is InChI=1S/C21H25N3O3S2/c1-4-6-12-23(5-2)18(25)14-29-21-22-15-11-13-28-19(15)20(26)24(21)16-9-7-8-10-17(16)27-3/h7-11,13H,4-6,12,14H2,1-3H3. The van der Waals surface area contributed by atoms with E-state index in [4.69, 9.17) is 4.74 Å².